The fourth-order valence-electron chi connectivity index (χ4n) is 4.28. The molecular formula is C25H27BrClNO5. The average Bonchev–Trinajstić information content (AvgIpc) is 2.84. The highest BCUT2D eigenvalue weighted by atomic mass is 79.9. The van der Waals surface area contributed by atoms with Gasteiger partial charge >= 0.3 is 5.97 Å². The molecule has 0 aromatic heterocycles. The molecule has 2 aromatic rings. The van der Waals surface area contributed by atoms with Crippen molar-refractivity contribution >= 4 is 45.2 Å². The maximum Gasteiger partial charge on any atom is 0.318 e. The molecule has 0 unspecified atom stereocenters. The van der Waals surface area contributed by atoms with Gasteiger partial charge in [0.1, 0.15) is 5.92 Å². The molecule has 0 aliphatic carbocycles. The van der Waals surface area contributed by atoms with Crippen LogP contribution in [-0.4, -0.2) is 56.0 Å². The van der Waals surface area contributed by atoms with Crippen molar-refractivity contribution in [1.29, 1.82) is 0 Å². The van der Waals surface area contributed by atoms with Crippen LogP contribution in [0.5, 0.6) is 0 Å². The number of carbonyl (C=O) groups is 3. The molecule has 8 heteroatoms. The van der Waals surface area contributed by atoms with Crippen molar-refractivity contribution < 1.29 is 23.9 Å². The molecule has 2 aromatic carbocycles. The van der Waals surface area contributed by atoms with E-state index in [0.717, 1.165) is 10.0 Å². The lowest BCUT2D eigenvalue weighted by atomic mass is 9.72. The number of benzene rings is 2. The van der Waals surface area contributed by atoms with E-state index in [1.807, 2.05) is 31.2 Å². The maximum atomic E-state index is 13.6. The Bertz CT molecular complexity index is 973. The van der Waals surface area contributed by atoms with Crippen molar-refractivity contribution in [2.75, 3.05) is 33.4 Å². The summed E-state index contributed by atoms with van der Waals surface area (Å²) in [5.74, 6) is -3.63. The van der Waals surface area contributed by atoms with Gasteiger partial charge in [0.25, 0.3) is 0 Å². The third kappa shape index (κ3) is 6.02. The third-order valence-corrected chi connectivity index (χ3v) is 6.78. The van der Waals surface area contributed by atoms with E-state index in [1.165, 1.54) is 7.11 Å². The standard InChI is InChI=1S/C25H27BrClNO5/c1-3-20(23(29)17-6-10-19(27)11-7-17)21(16-4-8-18(26)9-5-16)22(25(31)32-2)24(30)28-12-14-33-15-13-28/h4-11,20-22H,3,12-15H2,1-2H3/t20-,21+,22+/m0/s1. The van der Waals surface area contributed by atoms with Crippen molar-refractivity contribution in [3.05, 3.63) is 69.2 Å². The zero-order chi connectivity index (χ0) is 24.0. The second-order valence-corrected chi connectivity index (χ2v) is 9.25. The fraction of sp³-hybridized carbons (Fsp3) is 0.400. The summed E-state index contributed by atoms with van der Waals surface area (Å²) in [6, 6.07) is 14.0. The molecule has 1 amide bonds. The van der Waals surface area contributed by atoms with Crippen LogP contribution in [-0.2, 0) is 19.1 Å². The Balaban J connectivity index is 2.09. The first-order valence-electron chi connectivity index (χ1n) is 10.9. The Kier molecular flexibility index (Phi) is 9.06. The van der Waals surface area contributed by atoms with Gasteiger partial charge in [-0.2, -0.15) is 0 Å². The zero-order valence-electron chi connectivity index (χ0n) is 18.6. The molecule has 1 aliphatic heterocycles. The van der Waals surface area contributed by atoms with Gasteiger partial charge in [0, 0.05) is 40.0 Å². The van der Waals surface area contributed by atoms with Gasteiger partial charge in [0.15, 0.2) is 5.78 Å². The number of halogens is 2. The Hall–Kier alpha value is -2.22. The predicted molar refractivity (Wildman–Crippen MR) is 129 cm³/mol. The van der Waals surface area contributed by atoms with Crippen molar-refractivity contribution in [2.45, 2.75) is 19.3 Å². The minimum atomic E-state index is -1.16. The van der Waals surface area contributed by atoms with Crippen LogP contribution < -0.4 is 0 Å². The first kappa shape index (κ1) is 25.4. The van der Waals surface area contributed by atoms with Gasteiger partial charge in [0.05, 0.1) is 20.3 Å². The van der Waals surface area contributed by atoms with Crippen molar-refractivity contribution in [3.8, 4) is 0 Å². The monoisotopic (exact) mass is 535 g/mol. The molecule has 0 bridgehead atoms. The molecule has 6 nitrogen and oxygen atoms in total. The SMILES string of the molecule is CC[C@H](C(=O)c1ccc(Cl)cc1)[C@@H](c1ccc(Br)cc1)[C@@H](C(=O)OC)C(=O)N1CCOCC1. The Labute approximate surface area is 207 Å². The Morgan fingerprint density at radius 2 is 1.67 bits per heavy atom. The number of morpholine rings is 1. The van der Waals surface area contributed by atoms with Crippen LogP contribution in [0.1, 0.15) is 35.2 Å². The van der Waals surface area contributed by atoms with E-state index in [1.54, 1.807) is 29.2 Å². The molecule has 3 rings (SSSR count). The molecule has 33 heavy (non-hydrogen) atoms. The molecule has 3 atom stereocenters. The maximum absolute atomic E-state index is 13.6. The smallest absolute Gasteiger partial charge is 0.318 e. The van der Waals surface area contributed by atoms with Crippen LogP contribution in [0.3, 0.4) is 0 Å². The van der Waals surface area contributed by atoms with Crippen LogP contribution in [0, 0.1) is 11.8 Å². The van der Waals surface area contributed by atoms with Crippen LogP contribution in [0.4, 0.5) is 0 Å². The average molecular weight is 537 g/mol. The second kappa shape index (κ2) is 11.8. The lowest BCUT2D eigenvalue weighted by Gasteiger charge is -2.35. The van der Waals surface area contributed by atoms with Gasteiger partial charge < -0.3 is 14.4 Å². The highest BCUT2D eigenvalue weighted by molar-refractivity contribution is 9.10. The quantitative estimate of drug-likeness (QED) is 0.277. The van der Waals surface area contributed by atoms with E-state index in [4.69, 9.17) is 21.1 Å². The van der Waals surface area contributed by atoms with E-state index >= 15 is 0 Å². The minimum Gasteiger partial charge on any atom is -0.468 e. The van der Waals surface area contributed by atoms with Gasteiger partial charge in [-0.25, -0.2) is 0 Å². The lowest BCUT2D eigenvalue weighted by Crippen LogP contribution is -2.49. The number of rotatable bonds is 8. The number of nitrogens with zero attached hydrogens (tertiary/aromatic N) is 1. The number of Topliss-reactive ketones (excluding diaryl/α,β-unsaturated/α-hetero) is 1. The van der Waals surface area contributed by atoms with E-state index in [0.29, 0.717) is 43.3 Å². The van der Waals surface area contributed by atoms with Gasteiger partial charge in [0.2, 0.25) is 5.91 Å². The second-order valence-electron chi connectivity index (χ2n) is 7.90. The number of amides is 1. The topological polar surface area (TPSA) is 72.9 Å². The summed E-state index contributed by atoms with van der Waals surface area (Å²) < 4.78 is 11.3. The molecular weight excluding hydrogens is 510 g/mol. The molecule has 0 radical (unpaired) electrons. The van der Waals surface area contributed by atoms with E-state index in [9.17, 15) is 14.4 Å². The number of carbonyl (C=O) groups excluding carboxylic acids is 3. The molecule has 0 saturated carbocycles. The summed E-state index contributed by atoms with van der Waals surface area (Å²) in [5.41, 5.74) is 1.21. The Morgan fingerprint density at radius 3 is 2.21 bits per heavy atom. The third-order valence-electron chi connectivity index (χ3n) is 6.00. The van der Waals surface area contributed by atoms with E-state index in [-0.39, 0.29) is 11.7 Å². The number of esters is 1. The fourth-order valence-corrected chi connectivity index (χ4v) is 4.67. The lowest BCUT2D eigenvalue weighted by molar-refractivity contribution is -0.157. The van der Waals surface area contributed by atoms with Gasteiger partial charge in [-0.3, -0.25) is 14.4 Å². The van der Waals surface area contributed by atoms with Crippen LogP contribution in [0.15, 0.2) is 53.0 Å². The zero-order valence-corrected chi connectivity index (χ0v) is 21.0. The number of hydrogen-bond acceptors (Lipinski definition) is 5. The largest absolute Gasteiger partial charge is 0.468 e. The minimum absolute atomic E-state index is 0.147. The molecule has 1 fully saturated rings. The number of ether oxygens (including phenoxy) is 2. The number of hydrogen-bond donors (Lipinski definition) is 0. The van der Waals surface area contributed by atoms with Crippen molar-refractivity contribution in [3.63, 3.8) is 0 Å². The highest BCUT2D eigenvalue weighted by Crippen LogP contribution is 2.39. The summed E-state index contributed by atoms with van der Waals surface area (Å²) in [7, 11) is 1.27. The van der Waals surface area contributed by atoms with Crippen molar-refractivity contribution in [1.82, 2.24) is 4.90 Å². The molecule has 1 aliphatic rings. The molecule has 176 valence electrons. The molecule has 0 spiro atoms. The predicted octanol–water partition coefficient (Wildman–Crippen LogP) is 4.74. The normalized spacial score (nSPS) is 16.5. The molecule has 1 heterocycles. The summed E-state index contributed by atoms with van der Waals surface area (Å²) in [6.45, 7) is 3.48. The van der Waals surface area contributed by atoms with Crippen molar-refractivity contribution in [2.24, 2.45) is 11.8 Å². The molecule has 0 N–H and O–H groups in total. The van der Waals surface area contributed by atoms with Gasteiger partial charge in [-0.15, -0.1) is 0 Å². The Morgan fingerprint density at radius 1 is 1.06 bits per heavy atom. The first-order chi connectivity index (χ1) is 15.9. The first-order valence-corrected chi connectivity index (χ1v) is 12.0. The summed E-state index contributed by atoms with van der Waals surface area (Å²) >= 11 is 9.44. The van der Waals surface area contributed by atoms with Gasteiger partial charge in [-0.1, -0.05) is 46.6 Å². The summed E-state index contributed by atoms with van der Waals surface area (Å²) in [4.78, 5) is 42.0. The molecule has 1 saturated heterocycles. The van der Waals surface area contributed by atoms with E-state index < -0.39 is 23.7 Å². The van der Waals surface area contributed by atoms with Gasteiger partial charge in [-0.05, 0) is 48.4 Å². The summed E-state index contributed by atoms with van der Waals surface area (Å²) in [6.07, 6.45) is 0.437. The van der Waals surface area contributed by atoms with E-state index in [2.05, 4.69) is 15.9 Å². The highest BCUT2D eigenvalue weighted by Gasteiger charge is 2.45. The van der Waals surface area contributed by atoms with Crippen LogP contribution >= 0.6 is 27.5 Å². The summed E-state index contributed by atoms with van der Waals surface area (Å²) in [5, 5.41) is 0.527. The number of methoxy groups -OCH3 is 1. The number of ketones is 1. The van der Waals surface area contributed by atoms with Crippen LogP contribution in [0.25, 0.3) is 0 Å². The van der Waals surface area contributed by atoms with Crippen LogP contribution in [0.2, 0.25) is 5.02 Å².